The Bertz CT molecular complexity index is 575. The lowest BCUT2D eigenvalue weighted by molar-refractivity contribution is 0.299. The van der Waals surface area contributed by atoms with Gasteiger partial charge in [-0.05, 0) is 30.2 Å². The van der Waals surface area contributed by atoms with Gasteiger partial charge in [-0.1, -0.05) is 18.2 Å². The topological polar surface area (TPSA) is 9.23 Å². The maximum atomic E-state index is 13.4. The second kappa shape index (κ2) is 5.21. The molecule has 1 aliphatic heterocycles. The maximum Gasteiger partial charge on any atom is 0.165 e. The van der Waals surface area contributed by atoms with Crippen molar-refractivity contribution in [3.05, 3.63) is 59.7 Å². The Labute approximate surface area is 114 Å². The monoisotopic (exact) mass is 278 g/mol. The second-order valence-electron chi connectivity index (χ2n) is 4.44. The molecule has 1 heterocycles. The van der Waals surface area contributed by atoms with Crippen molar-refractivity contribution in [1.29, 1.82) is 0 Å². The van der Waals surface area contributed by atoms with Crippen LogP contribution >= 0.6 is 11.8 Å². The summed E-state index contributed by atoms with van der Waals surface area (Å²) >= 11 is 1.72. The van der Waals surface area contributed by atoms with Crippen molar-refractivity contribution in [2.24, 2.45) is 0 Å². The molecule has 3 rings (SSSR count). The van der Waals surface area contributed by atoms with Crippen LogP contribution < -0.4 is 4.74 Å². The van der Waals surface area contributed by atoms with Crippen LogP contribution in [0.2, 0.25) is 0 Å². The van der Waals surface area contributed by atoms with Gasteiger partial charge in [-0.3, -0.25) is 0 Å². The molecule has 0 saturated carbocycles. The second-order valence-corrected chi connectivity index (χ2v) is 5.78. The molecule has 1 nitrogen and oxygen atoms in total. The van der Waals surface area contributed by atoms with Crippen LogP contribution in [-0.4, -0.2) is 11.9 Å². The highest BCUT2D eigenvalue weighted by atomic mass is 32.2. The zero-order valence-electron chi connectivity index (χ0n) is 10.1. The van der Waals surface area contributed by atoms with Gasteiger partial charge in [0.25, 0.3) is 0 Å². The van der Waals surface area contributed by atoms with Crippen molar-refractivity contribution in [2.75, 3.05) is 6.61 Å². The van der Waals surface area contributed by atoms with Gasteiger partial charge in [-0.25, -0.2) is 8.78 Å². The lowest BCUT2D eigenvalue weighted by Crippen LogP contribution is -2.14. The highest BCUT2D eigenvalue weighted by Gasteiger charge is 2.22. The Kier molecular flexibility index (Phi) is 3.42. The number of fused-ring (bicyclic) bond motifs is 1. The standard InChI is InChI=1S/C15H12F2OS/c16-11-5-6-13(17)14(8-11)18-9-12-7-10-3-1-2-4-15(10)19-12/h1-6,8,12H,7,9H2. The van der Waals surface area contributed by atoms with Crippen molar-refractivity contribution in [2.45, 2.75) is 16.6 Å². The molecule has 19 heavy (non-hydrogen) atoms. The molecule has 1 atom stereocenters. The third-order valence-electron chi connectivity index (χ3n) is 3.03. The predicted octanol–water partition coefficient (Wildman–Crippen LogP) is 4.06. The molecule has 0 aliphatic carbocycles. The zero-order valence-corrected chi connectivity index (χ0v) is 10.9. The number of hydrogen-bond acceptors (Lipinski definition) is 2. The fourth-order valence-corrected chi connectivity index (χ4v) is 3.34. The predicted molar refractivity (Wildman–Crippen MR) is 71.6 cm³/mol. The molecule has 98 valence electrons. The number of ether oxygens (including phenoxy) is 1. The molecule has 0 fully saturated rings. The van der Waals surface area contributed by atoms with Gasteiger partial charge in [0.2, 0.25) is 0 Å². The molecule has 0 spiro atoms. The first-order valence-corrected chi connectivity index (χ1v) is 6.93. The Morgan fingerprint density at radius 3 is 2.84 bits per heavy atom. The van der Waals surface area contributed by atoms with Crippen LogP contribution in [0.1, 0.15) is 5.56 Å². The molecule has 1 aliphatic rings. The summed E-state index contributed by atoms with van der Waals surface area (Å²) < 4.78 is 31.8. The molecule has 0 saturated heterocycles. The average molecular weight is 278 g/mol. The summed E-state index contributed by atoms with van der Waals surface area (Å²) in [4.78, 5) is 1.25. The number of benzene rings is 2. The quantitative estimate of drug-likeness (QED) is 0.837. The first-order valence-electron chi connectivity index (χ1n) is 6.05. The van der Waals surface area contributed by atoms with Crippen molar-refractivity contribution < 1.29 is 13.5 Å². The largest absolute Gasteiger partial charge is 0.489 e. The molecule has 0 bridgehead atoms. The van der Waals surface area contributed by atoms with Crippen molar-refractivity contribution in [1.82, 2.24) is 0 Å². The highest BCUT2D eigenvalue weighted by molar-refractivity contribution is 8.00. The normalized spacial score (nSPS) is 17.3. The SMILES string of the molecule is Fc1ccc(F)c(OCC2Cc3ccccc3S2)c1. The van der Waals surface area contributed by atoms with E-state index in [0.29, 0.717) is 6.61 Å². The third-order valence-corrected chi connectivity index (χ3v) is 4.32. The van der Waals surface area contributed by atoms with Gasteiger partial charge in [0.15, 0.2) is 11.6 Å². The molecule has 0 aromatic heterocycles. The fourth-order valence-electron chi connectivity index (χ4n) is 2.12. The number of rotatable bonds is 3. The summed E-state index contributed by atoms with van der Waals surface area (Å²) in [5.74, 6) is -1.03. The van der Waals surface area contributed by atoms with Crippen LogP contribution in [0.15, 0.2) is 47.4 Å². The van der Waals surface area contributed by atoms with E-state index >= 15 is 0 Å². The van der Waals surface area contributed by atoms with E-state index in [0.717, 1.165) is 24.6 Å². The van der Waals surface area contributed by atoms with E-state index in [9.17, 15) is 8.78 Å². The molecule has 1 unspecified atom stereocenters. The Balaban J connectivity index is 1.64. The molecule has 2 aromatic carbocycles. The van der Waals surface area contributed by atoms with E-state index in [1.165, 1.54) is 10.5 Å². The highest BCUT2D eigenvalue weighted by Crippen LogP contribution is 2.37. The molecule has 0 radical (unpaired) electrons. The van der Waals surface area contributed by atoms with Crippen LogP contribution in [0.3, 0.4) is 0 Å². The summed E-state index contributed by atoms with van der Waals surface area (Å²) in [5.41, 5.74) is 1.29. The summed E-state index contributed by atoms with van der Waals surface area (Å²) in [6, 6.07) is 11.4. The Hall–Kier alpha value is -1.55. The van der Waals surface area contributed by atoms with Crippen LogP contribution in [0.25, 0.3) is 0 Å². The van der Waals surface area contributed by atoms with E-state index in [2.05, 4.69) is 12.1 Å². The minimum absolute atomic E-state index is 0.0171. The number of hydrogen-bond donors (Lipinski definition) is 0. The average Bonchev–Trinajstić information content (AvgIpc) is 2.82. The van der Waals surface area contributed by atoms with Crippen molar-refractivity contribution >= 4 is 11.8 Å². The van der Waals surface area contributed by atoms with Crippen LogP contribution in [0, 0.1) is 11.6 Å². The maximum absolute atomic E-state index is 13.4. The van der Waals surface area contributed by atoms with Gasteiger partial charge >= 0.3 is 0 Å². The van der Waals surface area contributed by atoms with Gasteiger partial charge in [-0.15, -0.1) is 11.8 Å². The lowest BCUT2D eigenvalue weighted by Gasteiger charge is -2.11. The Morgan fingerprint density at radius 2 is 2.00 bits per heavy atom. The molecule has 0 amide bonds. The van der Waals surface area contributed by atoms with Crippen molar-refractivity contribution in [3.63, 3.8) is 0 Å². The van der Waals surface area contributed by atoms with Crippen LogP contribution in [-0.2, 0) is 6.42 Å². The summed E-state index contributed by atoms with van der Waals surface area (Å²) in [6.07, 6.45) is 0.901. The van der Waals surface area contributed by atoms with Gasteiger partial charge in [0.1, 0.15) is 12.4 Å². The Morgan fingerprint density at radius 1 is 1.16 bits per heavy atom. The number of thioether (sulfide) groups is 1. The van der Waals surface area contributed by atoms with Gasteiger partial charge in [-0.2, -0.15) is 0 Å². The summed E-state index contributed by atoms with van der Waals surface area (Å²) in [5, 5.41) is 0.250. The summed E-state index contributed by atoms with van der Waals surface area (Å²) in [6.45, 7) is 0.375. The minimum atomic E-state index is -0.526. The fraction of sp³-hybridized carbons (Fsp3) is 0.200. The summed E-state index contributed by atoms with van der Waals surface area (Å²) in [7, 11) is 0. The van der Waals surface area contributed by atoms with Crippen molar-refractivity contribution in [3.8, 4) is 5.75 Å². The van der Waals surface area contributed by atoms with E-state index in [-0.39, 0.29) is 11.0 Å². The molecular formula is C15H12F2OS. The smallest absolute Gasteiger partial charge is 0.165 e. The van der Waals surface area contributed by atoms with E-state index in [1.807, 2.05) is 12.1 Å². The first-order chi connectivity index (χ1) is 9.22. The first kappa shape index (κ1) is 12.5. The van der Waals surface area contributed by atoms with E-state index in [4.69, 9.17) is 4.74 Å². The van der Waals surface area contributed by atoms with Gasteiger partial charge in [0.05, 0.1) is 0 Å². The molecule has 0 N–H and O–H groups in total. The van der Waals surface area contributed by atoms with E-state index in [1.54, 1.807) is 11.8 Å². The number of halogens is 2. The van der Waals surface area contributed by atoms with Crippen LogP contribution in [0.5, 0.6) is 5.75 Å². The van der Waals surface area contributed by atoms with Gasteiger partial charge < -0.3 is 4.74 Å². The van der Waals surface area contributed by atoms with Crippen LogP contribution in [0.4, 0.5) is 8.78 Å². The molecule has 2 aromatic rings. The molecular weight excluding hydrogens is 266 g/mol. The molecule has 4 heteroatoms. The van der Waals surface area contributed by atoms with E-state index < -0.39 is 11.6 Å². The van der Waals surface area contributed by atoms with Gasteiger partial charge in [0, 0.05) is 16.2 Å². The minimum Gasteiger partial charge on any atom is -0.489 e. The zero-order chi connectivity index (χ0) is 13.2. The third kappa shape index (κ3) is 2.73. The lowest BCUT2D eigenvalue weighted by atomic mass is 10.1.